The number of ether oxygens (including phenoxy) is 1. The molecule has 0 fully saturated rings. The van der Waals surface area contributed by atoms with Crippen LogP contribution >= 0.6 is 23.2 Å². The van der Waals surface area contributed by atoms with Gasteiger partial charge in [0, 0.05) is 0 Å². The predicted molar refractivity (Wildman–Crippen MR) is 95.7 cm³/mol. The Morgan fingerprint density at radius 3 is 2.45 bits per heavy atom. The third kappa shape index (κ3) is 5.09. The van der Waals surface area contributed by atoms with Crippen LogP contribution < -0.4 is 10.1 Å². The number of anilines is 1. The van der Waals surface area contributed by atoms with Crippen molar-refractivity contribution < 1.29 is 27.1 Å². The van der Waals surface area contributed by atoms with Crippen molar-refractivity contribution in [3.8, 4) is 11.6 Å². The molecular formula is C17H8Cl2F4N4O2. The van der Waals surface area contributed by atoms with Crippen LogP contribution in [0.25, 0.3) is 0 Å². The molecular weight excluding hydrogens is 439 g/mol. The molecule has 3 rings (SSSR count). The van der Waals surface area contributed by atoms with Gasteiger partial charge in [0.1, 0.15) is 22.3 Å². The van der Waals surface area contributed by atoms with Crippen molar-refractivity contribution >= 4 is 34.8 Å². The molecule has 0 aliphatic heterocycles. The zero-order valence-corrected chi connectivity index (χ0v) is 15.5. The maximum Gasteiger partial charge on any atom is 0.435 e. The molecule has 2 heterocycles. The highest BCUT2D eigenvalue weighted by atomic mass is 35.5. The van der Waals surface area contributed by atoms with E-state index in [1.165, 1.54) is 18.3 Å². The molecule has 29 heavy (non-hydrogen) atoms. The third-order valence-corrected chi connectivity index (χ3v) is 3.90. The fourth-order valence-electron chi connectivity index (χ4n) is 2.07. The molecule has 0 radical (unpaired) electrons. The maximum absolute atomic E-state index is 13.2. The summed E-state index contributed by atoms with van der Waals surface area (Å²) >= 11 is 11.5. The Morgan fingerprint density at radius 2 is 1.83 bits per heavy atom. The minimum atomic E-state index is -4.85. The van der Waals surface area contributed by atoms with E-state index in [-0.39, 0.29) is 21.6 Å². The predicted octanol–water partition coefficient (Wildman–Crippen LogP) is 5.38. The second kappa shape index (κ2) is 8.18. The number of hydrogen-bond donors (Lipinski definition) is 1. The molecule has 1 aromatic carbocycles. The fraction of sp³-hybridized carbons (Fsp3) is 0.0588. The molecule has 12 heteroatoms. The van der Waals surface area contributed by atoms with Crippen molar-refractivity contribution in [1.82, 2.24) is 15.2 Å². The minimum absolute atomic E-state index is 0.135. The van der Waals surface area contributed by atoms with Crippen LogP contribution in [0.15, 0.2) is 42.6 Å². The van der Waals surface area contributed by atoms with Crippen molar-refractivity contribution in [1.29, 1.82) is 0 Å². The Hall–Kier alpha value is -2.98. The largest absolute Gasteiger partial charge is 0.435 e. The highest BCUT2D eigenvalue weighted by Gasteiger charge is 2.35. The van der Waals surface area contributed by atoms with Gasteiger partial charge in [-0.05, 0) is 36.4 Å². The molecule has 0 atom stereocenters. The number of alkyl halides is 3. The molecule has 1 amide bonds. The Labute approximate surface area is 170 Å². The summed E-state index contributed by atoms with van der Waals surface area (Å²) in [7, 11) is 0. The first kappa shape index (κ1) is 20.7. The van der Waals surface area contributed by atoms with E-state index >= 15 is 0 Å². The maximum atomic E-state index is 13.2. The first-order chi connectivity index (χ1) is 13.6. The number of rotatable bonds is 4. The van der Waals surface area contributed by atoms with Crippen LogP contribution in [0.3, 0.4) is 0 Å². The summed E-state index contributed by atoms with van der Waals surface area (Å²) in [6.07, 6.45) is -3.65. The lowest BCUT2D eigenvalue weighted by Crippen LogP contribution is -2.18. The average Bonchev–Trinajstić information content (AvgIpc) is 2.65. The lowest BCUT2D eigenvalue weighted by atomic mass is 10.2. The number of carbonyl (C=O) groups excluding carboxylic acids is 1. The van der Waals surface area contributed by atoms with Crippen LogP contribution in [0, 0.1) is 5.82 Å². The van der Waals surface area contributed by atoms with Gasteiger partial charge < -0.3 is 10.1 Å². The standard InChI is InChI=1S/C17H8Cl2F4N4O2/c18-11-5-8(20)1-3-12(11)29-16-10(6-13(26-27-16)17(21,22)23)15(28)25-9-2-4-14(19)24-7-9/h1-7H,(H,25,28). The Balaban J connectivity index is 1.99. The van der Waals surface area contributed by atoms with Crippen LogP contribution in [0.2, 0.25) is 10.2 Å². The van der Waals surface area contributed by atoms with E-state index in [4.69, 9.17) is 27.9 Å². The van der Waals surface area contributed by atoms with Gasteiger partial charge >= 0.3 is 6.18 Å². The summed E-state index contributed by atoms with van der Waals surface area (Å²) in [5.74, 6) is -2.34. The number of carbonyl (C=O) groups is 1. The molecule has 0 saturated carbocycles. The summed E-state index contributed by atoms with van der Waals surface area (Å²) < 4.78 is 57.5. The molecule has 3 aromatic rings. The van der Waals surface area contributed by atoms with E-state index in [0.29, 0.717) is 6.07 Å². The zero-order valence-electron chi connectivity index (χ0n) is 14.0. The van der Waals surface area contributed by atoms with Gasteiger partial charge in [-0.25, -0.2) is 9.37 Å². The first-order valence-electron chi connectivity index (χ1n) is 7.64. The highest BCUT2D eigenvalue weighted by molar-refractivity contribution is 6.32. The first-order valence-corrected chi connectivity index (χ1v) is 8.40. The Kier molecular flexibility index (Phi) is 5.85. The van der Waals surface area contributed by atoms with Crippen molar-refractivity contribution in [2.24, 2.45) is 0 Å². The summed E-state index contributed by atoms with van der Waals surface area (Å²) in [6.45, 7) is 0. The number of pyridine rings is 1. The molecule has 0 unspecified atom stereocenters. The quantitative estimate of drug-likeness (QED) is 0.429. The molecule has 0 aliphatic carbocycles. The van der Waals surface area contributed by atoms with Crippen LogP contribution in [-0.4, -0.2) is 21.1 Å². The van der Waals surface area contributed by atoms with E-state index in [1.807, 2.05) is 0 Å². The number of nitrogens with one attached hydrogen (secondary N) is 1. The van der Waals surface area contributed by atoms with Crippen LogP contribution in [0.5, 0.6) is 11.6 Å². The Morgan fingerprint density at radius 1 is 1.07 bits per heavy atom. The van der Waals surface area contributed by atoms with Crippen molar-refractivity contribution in [3.05, 3.63) is 69.8 Å². The summed E-state index contributed by atoms with van der Waals surface area (Å²) in [5.41, 5.74) is -1.83. The number of aromatic nitrogens is 3. The second-order valence-corrected chi connectivity index (χ2v) is 6.24. The number of benzene rings is 1. The highest BCUT2D eigenvalue weighted by Crippen LogP contribution is 2.33. The lowest BCUT2D eigenvalue weighted by molar-refractivity contribution is -0.141. The molecule has 0 saturated heterocycles. The van der Waals surface area contributed by atoms with Crippen LogP contribution in [0.1, 0.15) is 16.1 Å². The van der Waals surface area contributed by atoms with Gasteiger partial charge in [-0.3, -0.25) is 4.79 Å². The van der Waals surface area contributed by atoms with E-state index in [1.54, 1.807) is 0 Å². The summed E-state index contributed by atoms with van der Waals surface area (Å²) in [5, 5.41) is 8.69. The number of amides is 1. The molecule has 0 spiro atoms. The van der Waals surface area contributed by atoms with Gasteiger partial charge in [-0.2, -0.15) is 13.2 Å². The fourth-order valence-corrected chi connectivity index (χ4v) is 2.38. The third-order valence-electron chi connectivity index (χ3n) is 3.38. The lowest BCUT2D eigenvalue weighted by Gasteiger charge is -2.13. The topological polar surface area (TPSA) is 77.0 Å². The van der Waals surface area contributed by atoms with Gasteiger partial charge in [0.15, 0.2) is 5.69 Å². The SMILES string of the molecule is O=C(Nc1ccc(Cl)nc1)c1cc(C(F)(F)F)nnc1Oc1ccc(F)cc1Cl. The zero-order chi connectivity index (χ0) is 21.2. The molecule has 150 valence electrons. The van der Waals surface area contributed by atoms with Gasteiger partial charge in [0.2, 0.25) is 0 Å². The number of halogens is 6. The monoisotopic (exact) mass is 446 g/mol. The number of nitrogens with zero attached hydrogens (tertiary/aromatic N) is 3. The van der Waals surface area contributed by atoms with E-state index in [0.717, 1.165) is 18.2 Å². The van der Waals surface area contributed by atoms with Gasteiger partial charge in [-0.15, -0.1) is 10.2 Å². The van der Waals surface area contributed by atoms with Crippen LogP contribution in [-0.2, 0) is 6.18 Å². The van der Waals surface area contributed by atoms with E-state index in [2.05, 4.69) is 20.5 Å². The van der Waals surface area contributed by atoms with Crippen LogP contribution in [0.4, 0.5) is 23.2 Å². The van der Waals surface area contributed by atoms with E-state index < -0.39 is 35.0 Å². The molecule has 0 bridgehead atoms. The normalized spacial score (nSPS) is 11.2. The average molecular weight is 447 g/mol. The van der Waals surface area contributed by atoms with E-state index in [9.17, 15) is 22.4 Å². The summed E-state index contributed by atoms with van der Waals surface area (Å²) in [6, 6.07) is 6.30. The van der Waals surface area contributed by atoms with Crippen molar-refractivity contribution in [2.45, 2.75) is 6.18 Å². The summed E-state index contributed by atoms with van der Waals surface area (Å²) in [4.78, 5) is 16.3. The minimum Gasteiger partial charge on any atom is -0.435 e. The molecule has 6 nitrogen and oxygen atoms in total. The second-order valence-electron chi connectivity index (χ2n) is 5.45. The van der Waals surface area contributed by atoms with Crippen molar-refractivity contribution in [3.63, 3.8) is 0 Å². The van der Waals surface area contributed by atoms with Gasteiger partial charge in [-0.1, -0.05) is 23.2 Å². The molecule has 2 aromatic heterocycles. The van der Waals surface area contributed by atoms with Gasteiger partial charge in [0.05, 0.1) is 16.9 Å². The van der Waals surface area contributed by atoms with Gasteiger partial charge in [0.25, 0.3) is 11.8 Å². The van der Waals surface area contributed by atoms with Crippen molar-refractivity contribution in [2.75, 3.05) is 5.32 Å². The molecule has 1 N–H and O–H groups in total. The smallest absolute Gasteiger partial charge is 0.435 e. The molecule has 0 aliphatic rings. The number of hydrogen-bond acceptors (Lipinski definition) is 5. The Bertz CT molecular complexity index is 1060.